The smallest absolute Gasteiger partial charge is 0.0627 e. The second-order valence-electron chi connectivity index (χ2n) is 4.51. The Morgan fingerprint density at radius 3 is 2.71 bits per heavy atom. The van der Waals surface area contributed by atoms with Gasteiger partial charge in [0.05, 0.1) is 12.6 Å². The van der Waals surface area contributed by atoms with Gasteiger partial charge < -0.3 is 10.4 Å². The van der Waals surface area contributed by atoms with E-state index in [0.717, 1.165) is 16.3 Å². The van der Waals surface area contributed by atoms with Crippen molar-refractivity contribution in [3.05, 3.63) is 42.2 Å². The molecule has 0 saturated carbocycles. The number of rotatable bonds is 4. The van der Waals surface area contributed by atoms with E-state index in [2.05, 4.69) is 30.2 Å². The highest BCUT2D eigenvalue weighted by atomic mass is 16.3. The summed E-state index contributed by atoms with van der Waals surface area (Å²) in [5.74, 6) is 0. The second-order valence-corrected chi connectivity index (χ2v) is 4.51. The van der Waals surface area contributed by atoms with Crippen molar-refractivity contribution in [1.82, 2.24) is 10.3 Å². The molecule has 1 heterocycles. The van der Waals surface area contributed by atoms with E-state index in [-0.39, 0.29) is 12.6 Å². The van der Waals surface area contributed by atoms with Gasteiger partial charge in [-0.15, -0.1) is 0 Å². The fraction of sp³-hybridized carbons (Fsp3) is 0.357. The number of nitrogens with zero attached hydrogens (tertiary/aromatic N) is 1. The van der Waals surface area contributed by atoms with Crippen LogP contribution < -0.4 is 5.32 Å². The minimum absolute atomic E-state index is 0.0615. The molecule has 0 aliphatic carbocycles. The normalized spacial score (nSPS) is 13.2. The first-order valence-electron chi connectivity index (χ1n) is 5.92. The van der Waals surface area contributed by atoms with Crippen LogP contribution in [0.4, 0.5) is 0 Å². The van der Waals surface area contributed by atoms with Crippen molar-refractivity contribution in [2.24, 2.45) is 0 Å². The molecule has 0 radical (unpaired) electrons. The van der Waals surface area contributed by atoms with Gasteiger partial charge in [-0.25, -0.2) is 0 Å². The fourth-order valence-corrected chi connectivity index (χ4v) is 2.06. The van der Waals surface area contributed by atoms with Crippen LogP contribution in [0.25, 0.3) is 10.8 Å². The molecule has 2 aromatic rings. The molecule has 0 bridgehead atoms. The maximum atomic E-state index is 9.50. The van der Waals surface area contributed by atoms with Gasteiger partial charge in [0.15, 0.2) is 0 Å². The quantitative estimate of drug-likeness (QED) is 0.847. The van der Waals surface area contributed by atoms with Crippen molar-refractivity contribution in [2.45, 2.75) is 25.9 Å². The molecule has 1 atom stereocenters. The highest BCUT2D eigenvalue weighted by Crippen LogP contribution is 2.23. The van der Waals surface area contributed by atoms with Crippen LogP contribution in [0.5, 0.6) is 0 Å². The van der Waals surface area contributed by atoms with Crippen LogP contribution in [-0.4, -0.2) is 22.7 Å². The molecule has 1 aromatic heterocycles. The Hall–Kier alpha value is -1.45. The zero-order valence-corrected chi connectivity index (χ0v) is 10.2. The molecule has 3 heteroatoms. The summed E-state index contributed by atoms with van der Waals surface area (Å²) in [6.45, 7) is 4.22. The van der Waals surface area contributed by atoms with Crippen LogP contribution in [0.15, 0.2) is 36.7 Å². The molecule has 0 fully saturated rings. The summed E-state index contributed by atoms with van der Waals surface area (Å²) < 4.78 is 0. The Kier molecular flexibility index (Phi) is 3.71. The molecule has 1 unspecified atom stereocenters. The highest BCUT2D eigenvalue weighted by molar-refractivity contribution is 5.85. The van der Waals surface area contributed by atoms with Gasteiger partial charge >= 0.3 is 0 Å². The lowest BCUT2D eigenvalue weighted by Gasteiger charge is -2.20. The van der Waals surface area contributed by atoms with Crippen LogP contribution in [0, 0.1) is 0 Å². The van der Waals surface area contributed by atoms with Gasteiger partial charge in [-0.2, -0.15) is 0 Å². The zero-order chi connectivity index (χ0) is 12.3. The van der Waals surface area contributed by atoms with Gasteiger partial charge in [-0.3, -0.25) is 4.98 Å². The monoisotopic (exact) mass is 230 g/mol. The topological polar surface area (TPSA) is 45.1 Å². The van der Waals surface area contributed by atoms with Crippen molar-refractivity contribution in [3.63, 3.8) is 0 Å². The average Bonchev–Trinajstić information content (AvgIpc) is 2.35. The van der Waals surface area contributed by atoms with Crippen molar-refractivity contribution in [2.75, 3.05) is 6.61 Å². The number of aliphatic hydroxyl groups excluding tert-OH is 1. The van der Waals surface area contributed by atoms with E-state index in [0.29, 0.717) is 6.04 Å². The van der Waals surface area contributed by atoms with E-state index in [1.165, 1.54) is 0 Å². The Bertz CT molecular complexity index is 491. The standard InChI is InChI=1S/C14H18N2O/c1-10(2)16-14(9-17)13-8-15-7-11-5-3-4-6-12(11)13/h3-8,10,14,16-17H,9H2,1-2H3. The number of hydrogen-bond donors (Lipinski definition) is 2. The molecule has 2 N–H and O–H groups in total. The van der Waals surface area contributed by atoms with Crippen molar-refractivity contribution in [1.29, 1.82) is 0 Å². The van der Waals surface area contributed by atoms with Gasteiger partial charge in [0.2, 0.25) is 0 Å². The first-order chi connectivity index (χ1) is 8.22. The number of benzene rings is 1. The molecular weight excluding hydrogens is 212 g/mol. The number of fused-ring (bicyclic) bond motifs is 1. The highest BCUT2D eigenvalue weighted by Gasteiger charge is 2.14. The van der Waals surface area contributed by atoms with E-state index in [1.54, 1.807) is 0 Å². The summed E-state index contributed by atoms with van der Waals surface area (Å²) in [4.78, 5) is 4.24. The number of hydrogen-bond acceptors (Lipinski definition) is 3. The molecular formula is C14H18N2O. The molecule has 0 amide bonds. The first-order valence-corrected chi connectivity index (χ1v) is 5.92. The third-order valence-corrected chi connectivity index (χ3v) is 2.79. The molecule has 0 saturated heterocycles. The summed E-state index contributed by atoms with van der Waals surface area (Å²) in [6, 6.07) is 8.37. The predicted molar refractivity (Wildman–Crippen MR) is 69.8 cm³/mol. The minimum atomic E-state index is -0.0615. The third-order valence-electron chi connectivity index (χ3n) is 2.79. The Morgan fingerprint density at radius 2 is 2.00 bits per heavy atom. The van der Waals surface area contributed by atoms with Crippen LogP contribution in [0.3, 0.4) is 0 Å². The minimum Gasteiger partial charge on any atom is -0.394 e. The lowest BCUT2D eigenvalue weighted by atomic mass is 10.0. The summed E-state index contributed by atoms with van der Waals surface area (Å²) in [7, 11) is 0. The molecule has 3 nitrogen and oxygen atoms in total. The maximum absolute atomic E-state index is 9.50. The molecule has 1 aromatic carbocycles. The Morgan fingerprint density at radius 1 is 1.24 bits per heavy atom. The van der Waals surface area contributed by atoms with Gasteiger partial charge in [-0.05, 0) is 10.9 Å². The summed E-state index contributed by atoms with van der Waals surface area (Å²) in [5.41, 5.74) is 1.05. The molecule has 17 heavy (non-hydrogen) atoms. The molecule has 0 aliphatic rings. The molecule has 0 aliphatic heterocycles. The maximum Gasteiger partial charge on any atom is 0.0627 e. The van der Waals surface area contributed by atoms with Crippen molar-refractivity contribution < 1.29 is 5.11 Å². The lowest BCUT2D eigenvalue weighted by molar-refractivity contribution is 0.238. The Labute approximate surface area is 102 Å². The van der Waals surface area contributed by atoms with Crippen molar-refractivity contribution >= 4 is 10.8 Å². The lowest BCUT2D eigenvalue weighted by Crippen LogP contribution is -2.30. The van der Waals surface area contributed by atoms with Gasteiger partial charge in [0.25, 0.3) is 0 Å². The van der Waals surface area contributed by atoms with Crippen LogP contribution in [-0.2, 0) is 0 Å². The Balaban J connectivity index is 2.46. The van der Waals surface area contributed by atoms with Gasteiger partial charge in [-0.1, -0.05) is 38.1 Å². The number of aliphatic hydroxyl groups is 1. The van der Waals surface area contributed by atoms with Gasteiger partial charge in [0, 0.05) is 23.8 Å². The van der Waals surface area contributed by atoms with Crippen molar-refractivity contribution in [3.8, 4) is 0 Å². The van der Waals surface area contributed by atoms with Gasteiger partial charge in [0.1, 0.15) is 0 Å². The average molecular weight is 230 g/mol. The number of pyridine rings is 1. The summed E-state index contributed by atoms with van der Waals surface area (Å²) in [5, 5.41) is 15.1. The summed E-state index contributed by atoms with van der Waals surface area (Å²) >= 11 is 0. The first kappa shape index (κ1) is 12.0. The third kappa shape index (κ3) is 2.62. The number of nitrogens with one attached hydrogen (secondary N) is 1. The fourth-order valence-electron chi connectivity index (χ4n) is 2.06. The largest absolute Gasteiger partial charge is 0.394 e. The van der Waals surface area contributed by atoms with E-state index >= 15 is 0 Å². The molecule has 0 spiro atoms. The van der Waals surface area contributed by atoms with E-state index in [9.17, 15) is 5.11 Å². The predicted octanol–water partition coefficient (Wildman–Crippen LogP) is 2.27. The van der Waals surface area contributed by atoms with Crippen LogP contribution >= 0.6 is 0 Å². The number of aromatic nitrogens is 1. The van der Waals surface area contributed by atoms with E-state index in [1.807, 2.05) is 30.6 Å². The molecule has 2 rings (SSSR count). The van der Waals surface area contributed by atoms with Crippen LogP contribution in [0.2, 0.25) is 0 Å². The summed E-state index contributed by atoms with van der Waals surface area (Å²) in [6.07, 6.45) is 3.68. The zero-order valence-electron chi connectivity index (χ0n) is 10.2. The van der Waals surface area contributed by atoms with E-state index < -0.39 is 0 Å². The molecule has 90 valence electrons. The van der Waals surface area contributed by atoms with E-state index in [4.69, 9.17) is 0 Å². The SMILES string of the molecule is CC(C)NC(CO)c1cncc2ccccc12. The second kappa shape index (κ2) is 5.25. The van der Waals surface area contributed by atoms with Crippen LogP contribution in [0.1, 0.15) is 25.5 Å².